The van der Waals surface area contributed by atoms with Gasteiger partial charge in [-0.05, 0) is 32.2 Å². The summed E-state index contributed by atoms with van der Waals surface area (Å²) in [5.74, 6) is -0.0946. The lowest BCUT2D eigenvalue weighted by molar-refractivity contribution is -0.0291. The molecule has 0 amide bonds. The first-order chi connectivity index (χ1) is 18.6. The fraction of sp³-hybridized carbons (Fsp3) is 1.00. The summed E-state index contributed by atoms with van der Waals surface area (Å²) in [6.45, 7) is 4.18. The van der Waals surface area contributed by atoms with Gasteiger partial charge in [0.25, 0.3) is 0 Å². The van der Waals surface area contributed by atoms with Gasteiger partial charge in [0.05, 0.1) is 32.5 Å². The largest absolute Gasteiger partial charge is 0.472 e. The van der Waals surface area contributed by atoms with Crippen molar-refractivity contribution in [3.63, 3.8) is 0 Å². The van der Waals surface area contributed by atoms with Gasteiger partial charge in [-0.2, -0.15) is 0 Å². The summed E-state index contributed by atoms with van der Waals surface area (Å²) in [6, 6.07) is 0. The maximum absolute atomic E-state index is 14.6. The van der Waals surface area contributed by atoms with Crippen LogP contribution in [0, 0.1) is 5.92 Å². The van der Waals surface area contributed by atoms with Gasteiger partial charge < -0.3 is 29.9 Å². The van der Waals surface area contributed by atoms with E-state index in [-0.39, 0.29) is 32.2 Å². The molecule has 2 rings (SSSR count). The van der Waals surface area contributed by atoms with E-state index in [1.54, 1.807) is 13.8 Å². The van der Waals surface area contributed by atoms with Crippen molar-refractivity contribution >= 4 is 23.5 Å². The van der Waals surface area contributed by atoms with Crippen molar-refractivity contribution < 1.29 is 69.4 Å². The predicted octanol–water partition coefficient (Wildman–Crippen LogP) is 3.21. The quantitative estimate of drug-likeness (QED) is 0.111. The van der Waals surface area contributed by atoms with E-state index in [1.807, 2.05) is 0 Å². The molecule has 0 radical (unpaired) electrons. The van der Waals surface area contributed by atoms with Crippen LogP contribution in [0.4, 0.5) is 4.39 Å². The molecule has 2 aliphatic rings. The number of phosphoric ester groups is 3. The third-order valence-electron chi connectivity index (χ3n) is 5.92. The van der Waals surface area contributed by atoms with Gasteiger partial charge in [0.2, 0.25) is 0 Å². The zero-order chi connectivity index (χ0) is 30.0. The van der Waals surface area contributed by atoms with Crippen LogP contribution in [0.25, 0.3) is 0 Å². The first-order valence-electron chi connectivity index (χ1n) is 13.2. The van der Waals surface area contributed by atoms with Crippen LogP contribution in [0.15, 0.2) is 0 Å². The Morgan fingerprint density at radius 2 is 1.52 bits per heavy atom. The molecule has 15 nitrogen and oxygen atoms in total. The molecule has 9 atom stereocenters. The Kier molecular flexibility index (Phi) is 15.3. The van der Waals surface area contributed by atoms with E-state index in [4.69, 9.17) is 42.3 Å². The Labute approximate surface area is 233 Å². The molecule has 0 aromatic rings. The third-order valence-corrected chi connectivity index (χ3v) is 8.90. The molecular formula is C21H43FNO14P3. The Balaban J connectivity index is 1.83. The van der Waals surface area contributed by atoms with Gasteiger partial charge in [0.1, 0.15) is 24.4 Å². The molecule has 238 valence electrons. The number of halogens is 1. The lowest BCUT2D eigenvalue weighted by Crippen LogP contribution is -2.34. The van der Waals surface area contributed by atoms with Crippen LogP contribution >= 0.6 is 23.5 Å². The van der Waals surface area contributed by atoms with E-state index in [9.17, 15) is 32.8 Å². The Hall–Kier alpha value is 0.140. The highest BCUT2D eigenvalue weighted by Crippen LogP contribution is 2.50. The lowest BCUT2D eigenvalue weighted by atomic mass is 10.1. The van der Waals surface area contributed by atoms with Crippen molar-refractivity contribution in [3.8, 4) is 0 Å². The molecule has 0 spiro atoms. The van der Waals surface area contributed by atoms with Gasteiger partial charge in [0.15, 0.2) is 6.17 Å². The smallest absolute Gasteiger partial charge is 0.373 e. The number of rotatable bonds is 20. The number of alkyl halides is 1. The summed E-state index contributed by atoms with van der Waals surface area (Å²) in [7, 11) is -13.8. The number of hydrogen-bond donors (Lipinski definition) is 4. The van der Waals surface area contributed by atoms with Crippen molar-refractivity contribution in [3.05, 3.63) is 0 Å². The van der Waals surface area contributed by atoms with Crippen LogP contribution in [0.3, 0.4) is 0 Å². The number of nitrogens with two attached hydrogens (primary N) is 1. The maximum atomic E-state index is 14.6. The van der Waals surface area contributed by atoms with Gasteiger partial charge in [0, 0.05) is 13.0 Å². The number of ether oxygens (including phenoxy) is 2. The minimum Gasteiger partial charge on any atom is -0.373 e. The van der Waals surface area contributed by atoms with E-state index >= 15 is 0 Å². The fourth-order valence-corrected chi connectivity index (χ4v) is 6.70. The minimum atomic E-state index is -4.78. The fourth-order valence-electron chi connectivity index (χ4n) is 3.85. The third kappa shape index (κ3) is 13.2. The first-order valence-corrected chi connectivity index (χ1v) is 17.7. The van der Waals surface area contributed by atoms with Crippen LogP contribution in [0.5, 0.6) is 0 Å². The van der Waals surface area contributed by atoms with E-state index in [2.05, 4.69) is 0 Å². The summed E-state index contributed by atoms with van der Waals surface area (Å²) < 4.78 is 92.1. The van der Waals surface area contributed by atoms with Gasteiger partial charge in [-0.3, -0.25) is 27.1 Å². The van der Waals surface area contributed by atoms with E-state index in [1.165, 1.54) is 6.92 Å². The lowest BCUT2D eigenvalue weighted by Gasteiger charge is -2.24. The van der Waals surface area contributed by atoms with Crippen molar-refractivity contribution in [1.29, 1.82) is 0 Å². The number of hydrogen-bond acceptors (Lipinski definition) is 12. The molecular weight excluding hydrogens is 602 g/mol. The zero-order valence-corrected chi connectivity index (χ0v) is 25.6. The molecule has 19 heteroatoms. The van der Waals surface area contributed by atoms with Gasteiger partial charge >= 0.3 is 23.5 Å². The second kappa shape index (κ2) is 16.8. The van der Waals surface area contributed by atoms with Gasteiger partial charge in [-0.25, -0.2) is 18.1 Å². The molecule has 0 saturated carbocycles. The summed E-state index contributed by atoms with van der Waals surface area (Å²) >= 11 is 0. The average Bonchev–Trinajstić information content (AvgIpc) is 3.40. The molecule has 0 aromatic heterocycles. The number of unbranched alkanes of at least 4 members (excludes halogenated alkanes) is 3. The summed E-state index contributed by atoms with van der Waals surface area (Å²) in [4.78, 5) is 30.0. The molecule has 4 unspecified atom stereocenters. The molecule has 2 saturated heterocycles. The highest BCUT2D eigenvalue weighted by atomic mass is 31.2. The first kappa shape index (κ1) is 36.3. The molecule has 2 heterocycles. The van der Waals surface area contributed by atoms with Crippen molar-refractivity contribution in [2.75, 3.05) is 39.6 Å². The van der Waals surface area contributed by atoms with Crippen molar-refractivity contribution in [1.82, 2.24) is 0 Å². The molecule has 2 aliphatic heterocycles. The SMILES string of the molecule is CC(C)COP(=O)(O)O[C@@H]1C(F)[C@H](C)O[C@@H]1COP(=O)(O)OC[C@H]1OCC[C@H]1OP(=O)(O)OCCCCCCN. The second-order valence-electron chi connectivity index (χ2n) is 9.96. The van der Waals surface area contributed by atoms with Crippen LogP contribution in [-0.2, 0) is 50.3 Å². The topological polar surface area (TPSA) is 212 Å². The Morgan fingerprint density at radius 3 is 2.17 bits per heavy atom. The molecule has 40 heavy (non-hydrogen) atoms. The van der Waals surface area contributed by atoms with E-state index < -0.39 is 73.4 Å². The Morgan fingerprint density at radius 1 is 0.900 bits per heavy atom. The second-order valence-corrected chi connectivity index (χ2v) is 14.2. The normalized spacial score (nSPS) is 31.7. The summed E-state index contributed by atoms with van der Waals surface area (Å²) in [6.07, 6.45) is -4.53. The van der Waals surface area contributed by atoms with E-state index in [0.717, 1.165) is 19.3 Å². The van der Waals surface area contributed by atoms with Gasteiger partial charge in [-0.15, -0.1) is 0 Å². The van der Waals surface area contributed by atoms with Crippen molar-refractivity contribution in [2.45, 2.75) is 89.6 Å². The highest BCUT2D eigenvalue weighted by Gasteiger charge is 2.48. The van der Waals surface area contributed by atoms with Gasteiger partial charge in [-0.1, -0.05) is 26.7 Å². The monoisotopic (exact) mass is 645 g/mol. The molecule has 0 bridgehead atoms. The summed E-state index contributed by atoms with van der Waals surface area (Å²) in [5.41, 5.74) is 5.42. The van der Waals surface area contributed by atoms with Crippen LogP contribution in [0.2, 0.25) is 0 Å². The zero-order valence-electron chi connectivity index (χ0n) is 22.9. The maximum Gasteiger partial charge on any atom is 0.472 e. The molecule has 2 fully saturated rings. The van der Waals surface area contributed by atoms with E-state index in [0.29, 0.717) is 13.0 Å². The predicted molar refractivity (Wildman–Crippen MR) is 139 cm³/mol. The van der Waals surface area contributed by atoms with Crippen LogP contribution < -0.4 is 5.73 Å². The minimum absolute atomic E-state index is 0.00859. The molecule has 0 aliphatic carbocycles. The standard InChI is InChI=1S/C21H43FNO14P3/c1-15(2)12-32-40(28,29)37-21-19(35-16(3)20(21)22)14-34-38(24,25)33-13-18-17(8-11-30-18)36-39(26,27)31-10-7-5-4-6-9-23/h15-21H,4-14,23H2,1-3H3,(H,24,25)(H,26,27)(H,28,29)/t16-,17+,18+,19+,20?,21-/m0/s1. The highest BCUT2D eigenvalue weighted by molar-refractivity contribution is 7.48. The van der Waals surface area contributed by atoms with Crippen LogP contribution in [-0.4, -0.2) is 91.0 Å². The summed E-state index contributed by atoms with van der Waals surface area (Å²) in [5, 5.41) is 0. The van der Waals surface area contributed by atoms with Crippen molar-refractivity contribution in [2.24, 2.45) is 11.7 Å². The Bertz CT molecular complexity index is 901. The van der Waals surface area contributed by atoms with Crippen LogP contribution in [0.1, 0.15) is 52.9 Å². The molecule has 0 aromatic carbocycles. The number of phosphoric acid groups is 3. The average molecular weight is 645 g/mol. The molecule has 5 N–H and O–H groups in total.